The monoisotopic (exact) mass is 428 g/mol. The summed E-state index contributed by atoms with van der Waals surface area (Å²) in [5.41, 5.74) is 6.48. The number of carbonyl (C=O) groups is 1. The van der Waals surface area contributed by atoms with Crippen LogP contribution in [-0.2, 0) is 12.8 Å². The summed E-state index contributed by atoms with van der Waals surface area (Å²) in [6.07, 6.45) is 3.21. The Kier molecular flexibility index (Phi) is 5.21. The smallest absolute Gasteiger partial charge is 0.251 e. The summed E-state index contributed by atoms with van der Waals surface area (Å²) in [5, 5.41) is 11.8. The fraction of sp³-hybridized carbons (Fsp3) is 0.308. The molecule has 0 aliphatic heterocycles. The number of amides is 1. The quantitative estimate of drug-likeness (QED) is 0.383. The Bertz CT molecular complexity index is 1250. The van der Waals surface area contributed by atoms with E-state index in [1.165, 1.54) is 11.3 Å². The molecule has 0 radical (unpaired) electrons. The van der Waals surface area contributed by atoms with Crippen LogP contribution >= 0.6 is 0 Å². The molecule has 0 fully saturated rings. The first-order valence-corrected chi connectivity index (χ1v) is 11.1. The summed E-state index contributed by atoms with van der Waals surface area (Å²) in [5.74, 6) is 0.692. The highest BCUT2D eigenvalue weighted by molar-refractivity contribution is 5.99. The molecule has 2 aromatic carbocycles. The topological polar surface area (TPSA) is 82.8 Å². The van der Waals surface area contributed by atoms with Gasteiger partial charge in [0, 0.05) is 27.7 Å². The lowest BCUT2D eigenvalue weighted by atomic mass is 9.76. The highest BCUT2D eigenvalue weighted by Gasteiger charge is 2.29. The number of ether oxygens (including phenoxy) is 1. The largest absolute Gasteiger partial charge is 0.492 e. The highest BCUT2D eigenvalue weighted by atomic mass is 16.5. The lowest BCUT2D eigenvalue weighted by molar-refractivity contribution is 0.0947. The zero-order chi connectivity index (χ0) is 22.1. The zero-order valence-corrected chi connectivity index (χ0v) is 18.5. The molecule has 32 heavy (non-hydrogen) atoms. The van der Waals surface area contributed by atoms with Gasteiger partial charge >= 0.3 is 0 Å². The van der Waals surface area contributed by atoms with Gasteiger partial charge in [0.15, 0.2) is 0 Å². The van der Waals surface area contributed by atoms with Gasteiger partial charge in [0.05, 0.1) is 12.2 Å². The van der Waals surface area contributed by atoms with Gasteiger partial charge in [-0.15, -0.1) is 0 Å². The van der Waals surface area contributed by atoms with Crippen molar-refractivity contribution in [3.05, 3.63) is 71.4 Å². The molecule has 1 aliphatic carbocycles. The third kappa shape index (κ3) is 4.13. The molecule has 6 nitrogen and oxygen atoms in total. The molecular weight excluding hydrogens is 400 g/mol. The molecular formula is C26H28N4O2. The molecule has 1 aliphatic rings. The van der Waals surface area contributed by atoms with E-state index in [-0.39, 0.29) is 5.91 Å². The molecule has 0 unspecified atom stereocenters. The van der Waals surface area contributed by atoms with Gasteiger partial charge < -0.3 is 15.0 Å². The van der Waals surface area contributed by atoms with E-state index < -0.39 is 0 Å². The number of para-hydroxylation sites is 1. The predicted molar refractivity (Wildman–Crippen MR) is 126 cm³/mol. The van der Waals surface area contributed by atoms with Crippen LogP contribution in [0.2, 0.25) is 0 Å². The highest BCUT2D eigenvalue weighted by Crippen LogP contribution is 2.38. The van der Waals surface area contributed by atoms with Gasteiger partial charge in [-0.1, -0.05) is 32.0 Å². The minimum Gasteiger partial charge on any atom is -0.492 e. The maximum absolute atomic E-state index is 12.6. The summed E-state index contributed by atoms with van der Waals surface area (Å²) >= 11 is 0. The minimum absolute atomic E-state index is 0.106. The van der Waals surface area contributed by atoms with Gasteiger partial charge in [-0.25, -0.2) is 0 Å². The number of hydrogen-bond acceptors (Lipinski definition) is 3. The predicted octanol–water partition coefficient (Wildman–Crippen LogP) is 4.88. The fourth-order valence-electron chi connectivity index (χ4n) is 4.42. The van der Waals surface area contributed by atoms with Crippen LogP contribution in [0.25, 0.3) is 22.3 Å². The number of carbonyl (C=O) groups excluding carboxylic acids is 1. The second-order valence-corrected chi connectivity index (χ2v) is 9.27. The first-order valence-electron chi connectivity index (χ1n) is 11.1. The van der Waals surface area contributed by atoms with Crippen LogP contribution in [0.5, 0.6) is 5.75 Å². The van der Waals surface area contributed by atoms with Crippen LogP contribution < -0.4 is 10.1 Å². The fourth-order valence-corrected chi connectivity index (χ4v) is 4.42. The first kappa shape index (κ1) is 20.4. The third-order valence-corrected chi connectivity index (χ3v) is 6.20. The molecule has 3 N–H and O–H groups in total. The third-order valence-electron chi connectivity index (χ3n) is 6.20. The maximum Gasteiger partial charge on any atom is 0.251 e. The number of nitrogens with zero attached hydrogens (tertiary/aromatic N) is 1. The molecule has 0 bridgehead atoms. The minimum atomic E-state index is -0.106. The van der Waals surface area contributed by atoms with Crippen LogP contribution in [0, 0.1) is 5.41 Å². The van der Waals surface area contributed by atoms with E-state index in [1.54, 1.807) is 0 Å². The Morgan fingerprint density at radius 2 is 2.00 bits per heavy atom. The molecule has 0 saturated heterocycles. The Balaban J connectivity index is 1.27. The summed E-state index contributed by atoms with van der Waals surface area (Å²) in [7, 11) is 0. The van der Waals surface area contributed by atoms with Gasteiger partial charge in [-0.05, 0) is 61.1 Å². The van der Waals surface area contributed by atoms with Crippen molar-refractivity contribution >= 4 is 16.8 Å². The second-order valence-electron chi connectivity index (χ2n) is 9.27. The molecule has 0 spiro atoms. The Morgan fingerprint density at radius 3 is 2.84 bits per heavy atom. The number of aromatic nitrogens is 3. The SMILES string of the molecule is CC1(C)CCc2c(-c3cc4cc(C(=O)NCCOc5ccccc5)ccc4[nH]3)n[nH]c2C1. The van der Waals surface area contributed by atoms with Crippen molar-refractivity contribution in [2.45, 2.75) is 33.1 Å². The summed E-state index contributed by atoms with van der Waals surface area (Å²) < 4.78 is 5.64. The molecule has 4 aromatic rings. The molecule has 2 heterocycles. The number of fused-ring (bicyclic) bond motifs is 2. The van der Waals surface area contributed by atoms with E-state index in [2.05, 4.69) is 40.4 Å². The number of benzene rings is 2. The van der Waals surface area contributed by atoms with Crippen LogP contribution in [0.4, 0.5) is 0 Å². The van der Waals surface area contributed by atoms with Crippen LogP contribution in [0.1, 0.15) is 41.9 Å². The van der Waals surface area contributed by atoms with E-state index in [0.29, 0.717) is 24.1 Å². The van der Waals surface area contributed by atoms with Crippen molar-refractivity contribution < 1.29 is 9.53 Å². The zero-order valence-electron chi connectivity index (χ0n) is 18.5. The molecule has 6 heteroatoms. The van der Waals surface area contributed by atoms with E-state index in [4.69, 9.17) is 4.74 Å². The standard InChI is InChI=1S/C26H28N4O2/c1-26(2)11-10-20-23(16-26)29-30-24(20)22-15-18-14-17(8-9-21(18)28-22)25(31)27-12-13-32-19-6-4-3-5-7-19/h3-9,14-15,28H,10-13,16H2,1-2H3,(H,27,31)(H,29,30). The van der Waals surface area contributed by atoms with Crippen molar-refractivity contribution in [2.75, 3.05) is 13.2 Å². The van der Waals surface area contributed by atoms with Crippen molar-refractivity contribution in [2.24, 2.45) is 5.41 Å². The molecule has 2 aromatic heterocycles. The molecule has 5 rings (SSSR count). The van der Waals surface area contributed by atoms with Crippen molar-refractivity contribution in [1.82, 2.24) is 20.5 Å². The van der Waals surface area contributed by atoms with Crippen molar-refractivity contribution in [1.29, 1.82) is 0 Å². The average molecular weight is 429 g/mol. The Morgan fingerprint density at radius 1 is 1.16 bits per heavy atom. The van der Waals surface area contributed by atoms with Gasteiger partial charge in [-0.3, -0.25) is 9.89 Å². The maximum atomic E-state index is 12.6. The van der Waals surface area contributed by atoms with Gasteiger partial charge in [0.2, 0.25) is 0 Å². The lowest BCUT2D eigenvalue weighted by Gasteiger charge is -2.28. The normalized spacial score (nSPS) is 14.8. The van der Waals surface area contributed by atoms with E-state index in [1.807, 2.05) is 48.5 Å². The molecule has 1 amide bonds. The summed E-state index contributed by atoms with van der Waals surface area (Å²) in [6, 6.07) is 17.4. The summed E-state index contributed by atoms with van der Waals surface area (Å²) in [6.45, 7) is 5.48. The van der Waals surface area contributed by atoms with E-state index >= 15 is 0 Å². The van der Waals surface area contributed by atoms with Gasteiger partial charge in [0.1, 0.15) is 18.1 Å². The second kappa shape index (κ2) is 8.19. The van der Waals surface area contributed by atoms with E-state index in [0.717, 1.165) is 47.3 Å². The van der Waals surface area contributed by atoms with Gasteiger partial charge in [-0.2, -0.15) is 5.10 Å². The van der Waals surface area contributed by atoms with Crippen LogP contribution in [0.3, 0.4) is 0 Å². The Labute approximate surface area is 187 Å². The van der Waals surface area contributed by atoms with Crippen LogP contribution in [-0.4, -0.2) is 34.2 Å². The van der Waals surface area contributed by atoms with E-state index in [9.17, 15) is 4.79 Å². The van der Waals surface area contributed by atoms with Crippen LogP contribution in [0.15, 0.2) is 54.6 Å². The first-order chi connectivity index (χ1) is 15.5. The lowest BCUT2D eigenvalue weighted by Crippen LogP contribution is -2.28. The van der Waals surface area contributed by atoms with Crippen molar-refractivity contribution in [3.63, 3.8) is 0 Å². The average Bonchev–Trinajstić information content (AvgIpc) is 3.39. The number of H-pyrrole nitrogens is 2. The number of rotatable bonds is 6. The van der Waals surface area contributed by atoms with Crippen molar-refractivity contribution in [3.8, 4) is 17.1 Å². The number of aromatic amines is 2. The molecule has 0 atom stereocenters. The number of hydrogen-bond donors (Lipinski definition) is 3. The molecule has 164 valence electrons. The Hall–Kier alpha value is -3.54. The molecule has 0 saturated carbocycles. The summed E-state index contributed by atoms with van der Waals surface area (Å²) in [4.78, 5) is 16.1. The number of nitrogens with one attached hydrogen (secondary N) is 3. The van der Waals surface area contributed by atoms with Gasteiger partial charge in [0.25, 0.3) is 5.91 Å².